The second-order valence-electron chi connectivity index (χ2n) is 4.01. The first kappa shape index (κ1) is 15.2. The Labute approximate surface area is 112 Å². The molecule has 0 heterocycles. The van der Waals surface area contributed by atoms with Gasteiger partial charge >= 0.3 is 5.97 Å². The number of benzene rings is 1. The Morgan fingerprint density at radius 2 is 1.95 bits per heavy atom. The fourth-order valence-corrected chi connectivity index (χ4v) is 2.83. The van der Waals surface area contributed by atoms with Crippen LogP contribution >= 0.6 is 0 Å². The average Bonchev–Trinajstić information content (AvgIpc) is 2.38. The molecule has 1 atom stereocenters. The number of methoxy groups -OCH3 is 1. The number of aliphatic carboxylic acids is 1. The van der Waals surface area contributed by atoms with Crippen LogP contribution < -0.4 is 4.74 Å². The third-order valence-corrected chi connectivity index (χ3v) is 4.83. The highest BCUT2D eigenvalue weighted by Crippen LogP contribution is 2.21. The number of carboxylic acids is 1. The van der Waals surface area contributed by atoms with Crippen molar-refractivity contribution in [1.82, 2.24) is 0 Å². The molecule has 0 amide bonds. The first-order valence-corrected chi connectivity index (χ1v) is 7.20. The second kappa shape index (κ2) is 6.38. The van der Waals surface area contributed by atoms with E-state index in [0.29, 0.717) is 5.75 Å². The van der Waals surface area contributed by atoms with Crippen molar-refractivity contribution in [1.29, 1.82) is 0 Å². The van der Waals surface area contributed by atoms with Crippen LogP contribution in [0, 0.1) is 0 Å². The molecule has 0 fully saturated rings. The van der Waals surface area contributed by atoms with Crippen LogP contribution in [0.3, 0.4) is 0 Å². The van der Waals surface area contributed by atoms with Gasteiger partial charge in [-0.05, 0) is 37.6 Å². The monoisotopic (exact) mass is 284 g/mol. The summed E-state index contributed by atoms with van der Waals surface area (Å²) < 4.78 is 29.3. The Bertz CT molecular complexity index is 557. The fraction of sp³-hybridized carbons (Fsp3) is 0.308. The van der Waals surface area contributed by atoms with E-state index < -0.39 is 21.1 Å². The van der Waals surface area contributed by atoms with Gasteiger partial charge in [-0.15, -0.1) is 0 Å². The summed E-state index contributed by atoms with van der Waals surface area (Å²) in [4.78, 5) is 10.5. The maximum absolute atomic E-state index is 12.2. The number of sulfone groups is 1. The molecule has 0 bridgehead atoms. The van der Waals surface area contributed by atoms with Gasteiger partial charge in [0.1, 0.15) is 5.75 Å². The summed E-state index contributed by atoms with van der Waals surface area (Å²) in [5, 5.41) is 7.77. The largest absolute Gasteiger partial charge is 0.497 e. The molecule has 0 saturated heterocycles. The summed E-state index contributed by atoms with van der Waals surface area (Å²) in [7, 11) is -1.96. The molecule has 0 aliphatic carbocycles. The van der Waals surface area contributed by atoms with Crippen LogP contribution in [0.1, 0.15) is 13.3 Å². The summed E-state index contributed by atoms with van der Waals surface area (Å²) in [6, 6.07) is 6.11. The van der Waals surface area contributed by atoms with Gasteiger partial charge in [0.25, 0.3) is 0 Å². The van der Waals surface area contributed by atoms with Gasteiger partial charge < -0.3 is 9.84 Å². The van der Waals surface area contributed by atoms with Gasteiger partial charge in [-0.3, -0.25) is 0 Å². The van der Waals surface area contributed by atoms with Crippen molar-refractivity contribution >= 4 is 15.8 Å². The molecule has 0 aliphatic rings. The number of carbonyl (C=O) groups is 1. The molecule has 1 unspecified atom stereocenters. The van der Waals surface area contributed by atoms with Gasteiger partial charge in [-0.25, -0.2) is 13.2 Å². The summed E-state index contributed by atoms with van der Waals surface area (Å²) >= 11 is 0. The lowest BCUT2D eigenvalue weighted by Crippen LogP contribution is -2.17. The van der Waals surface area contributed by atoms with Crippen molar-refractivity contribution < 1.29 is 23.1 Å². The average molecular weight is 284 g/mol. The molecule has 0 radical (unpaired) electrons. The molecule has 0 aliphatic heterocycles. The lowest BCUT2D eigenvalue weighted by Gasteiger charge is -2.11. The summed E-state index contributed by atoms with van der Waals surface area (Å²) in [5.74, 6) is -0.508. The van der Waals surface area contributed by atoms with Crippen LogP contribution in [0.4, 0.5) is 0 Å². The van der Waals surface area contributed by atoms with Crippen LogP contribution in [-0.4, -0.2) is 31.9 Å². The highest BCUT2D eigenvalue weighted by molar-refractivity contribution is 7.92. The highest BCUT2D eigenvalue weighted by atomic mass is 32.2. The molecule has 0 aromatic heterocycles. The predicted octanol–water partition coefficient (Wildman–Crippen LogP) is 1.89. The lowest BCUT2D eigenvalue weighted by molar-refractivity contribution is -0.131. The van der Waals surface area contributed by atoms with Crippen molar-refractivity contribution in [2.24, 2.45) is 0 Å². The maximum atomic E-state index is 12.2. The van der Waals surface area contributed by atoms with Crippen LogP contribution in [-0.2, 0) is 14.6 Å². The van der Waals surface area contributed by atoms with Crippen LogP contribution in [0.25, 0.3) is 0 Å². The fourth-order valence-electron chi connectivity index (χ4n) is 1.48. The molecule has 0 spiro atoms. The topological polar surface area (TPSA) is 80.7 Å². The highest BCUT2D eigenvalue weighted by Gasteiger charge is 2.22. The van der Waals surface area contributed by atoms with Gasteiger partial charge in [0, 0.05) is 6.08 Å². The Morgan fingerprint density at radius 1 is 1.37 bits per heavy atom. The van der Waals surface area contributed by atoms with E-state index in [9.17, 15) is 13.2 Å². The molecule has 0 saturated carbocycles. The summed E-state index contributed by atoms with van der Waals surface area (Å²) in [6.45, 7) is 1.55. The van der Waals surface area contributed by atoms with Gasteiger partial charge in [-0.1, -0.05) is 6.08 Å². The quantitative estimate of drug-likeness (QED) is 0.807. The van der Waals surface area contributed by atoms with E-state index in [1.165, 1.54) is 25.3 Å². The Morgan fingerprint density at radius 3 is 2.42 bits per heavy atom. The van der Waals surface area contributed by atoms with Crippen LogP contribution in [0.15, 0.2) is 41.3 Å². The van der Waals surface area contributed by atoms with E-state index in [4.69, 9.17) is 9.84 Å². The normalized spacial score (nSPS) is 13.4. The first-order valence-electron chi connectivity index (χ1n) is 5.65. The van der Waals surface area contributed by atoms with Gasteiger partial charge in [0.2, 0.25) is 0 Å². The second-order valence-corrected chi connectivity index (χ2v) is 6.37. The molecule has 6 heteroatoms. The maximum Gasteiger partial charge on any atom is 0.327 e. The number of ether oxygens (including phenoxy) is 1. The number of hydrogen-bond acceptors (Lipinski definition) is 4. The Balaban J connectivity index is 2.86. The van der Waals surface area contributed by atoms with E-state index in [2.05, 4.69) is 0 Å². The Kier molecular flexibility index (Phi) is 5.11. The van der Waals surface area contributed by atoms with Crippen molar-refractivity contribution in [3.8, 4) is 5.75 Å². The van der Waals surface area contributed by atoms with E-state index in [1.54, 1.807) is 19.1 Å². The van der Waals surface area contributed by atoms with Crippen molar-refractivity contribution in [3.05, 3.63) is 36.4 Å². The SMILES string of the molecule is COc1ccc(S(=O)(=O)C(C)CC=CC(=O)O)cc1. The van der Waals surface area contributed by atoms with Gasteiger partial charge in [0.15, 0.2) is 9.84 Å². The zero-order chi connectivity index (χ0) is 14.5. The van der Waals surface area contributed by atoms with E-state index in [-0.39, 0.29) is 11.3 Å². The molecular formula is C13H16O5S. The van der Waals surface area contributed by atoms with E-state index in [1.807, 2.05) is 0 Å². The van der Waals surface area contributed by atoms with E-state index >= 15 is 0 Å². The Hall–Kier alpha value is -1.82. The summed E-state index contributed by atoms with van der Waals surface area (Å²) in [5.41, 5.74) is 0. The van der Waals surface area contributed by atoms with Crippen molar-refractivity contribution in [3.63, 3.8) is 0 Å². The first-order chi connectivity index (χ1) is 8.87. The molecule has 1 N–H and O–H groups in total. The molecule has 1 aromatic rings. The molecule has 104 valence electrons. The van der Waals surface area contributed by atoms with Crippen molar-refractivity contribution in [2.45, 2.75) is 23.5 Å². The van der Waals surface area contributed by atoms with E-state index in [0.717, 1.165) is 6.08 Å². The summed E-state index contributed by atoms with van der Waals surface area (Å²) in [6.07, 6.45) is 2.44. The molecular weight excluding hydrogens is 268 g/mol. The van der Waals surface area contributed by atoms with Crippen LogP contribution in [0.2, 0.25) is 0 Å². The minimum Gasteiger partial charge on any atom is -0.497 e. The van der Waals surface area contributed by atoms with Gasteiger partial charge in [-0.2, -0.15) is 0 Å². The molecule has 19 heavy (non-hydrogen) atoms. The molecule has 5 nitrogen and oxygen atoms in total. The third kappa shape index (κ3) is 4.10. The predicted molar refractivity (Wildman–Crippen MR) is 71.0 cm³/mol. The zero-order valence-electron chi connectivity index (χ0n) is 10.7. The smallest absolute Gasteiger partial charge is 0.327 e. The molecule has 1 aromatic carbocycles. The number of rotatable bonds is 6. The minimum atomic E-state index is -3.46. The lowest BCUT2D eigenvalue weighted by atomic mass is 10.3. The number of allylic oxidation sites excluding steroid dienone is 1. The van der Waals surface area contributed by atoms with Crippen molar-refractivity contribution in [2.75, 3.05) is 7.11 Å². The number of carboxylic acid groups (broad SMARTS) is 1. The minimum absolute atomic E-state index is 0.153. The third-order valence-electron chi connectivity index (χ3n) is 2.65. The van der Waals surface area contributed by atoms with Crippen LogP contribution in [0.5, 0.6) is 5.75 Å². The zero-order valence-corrected chi connectivity index (χ0v) is 11.6. The standard InChI is InChI=1S/C13H16O5S/c1-10(4-3-5-13(14)15)19(16,17)12-8-6-11(18-2)7-9-12/h3,5-10H,4H2,1-2H3,(H,14,15). The van der Waals surface area contributed by atoms with Gasteiger partial charge in [0.05, 0.1) is 17.3 Å². The molecule has 1 rings (SSSR count). The number of hydrogen-bond donors (Lipinski definition) is 1.